The second-order valence-electron chi connectivity index (χ2n) is 4.68. The van der Waals surface area contributed by atoms with Crippen LogP contribution in [0, 0.1) is 0 Å². The Kier molecular flexibility index (Phi) is 6.89. The maximum Gasteiger partial charge on any atom is 0.423 e. The molecule has 0 saturated carbocycles. The molecule has 0 unspecified atom stereocenters. The second-order valence-corrected chi connectivity index (χ2v) is 4.68. The van der Waals surface area contributed by atoms with E-state index in [4.69, 9.17) is 4.74 Å². The number of unbranched alkanes of at least 4 members (excludes halogenated alkanes) is 3. The molecule has 1 aromatic heterocycles. The van der Waals surface area contributed by atoms with E-state index < -0.39 is 36.4 Å². The molecular formula is C13H16F6N2O2. The fourth-order valence-corrected chi connectivity index (χ4v) is 1.57. The van der Waals surface area contributed by atoms with Crippen molar-refractivity contribution in [1.82, 2.24) is 9.97 Å². The third-order valence-corrected chi connectivity index (χ3v) is 2.64. The number of rotatable bonds is 8. The van der Waals surface area contributed by atoms with Gasteiger partial charge >= 0.3 is 18.4 Å². The van der Waals surface area contributed by atoms with E-state index in [9.17, 15) is 26.3 Å². The van der Waals surface area contributed by atoms with Gasteiger partial charge in [-0.15, -0.1) is 0 Å². The highest BCUT2D eigenvalue weighted by atomic mass is 19.4. The zero-order valence-corrected chi connectivity index (χ0v) is 12.3. The highest BCUT2D eigenvalue weighted by Gasteiger charge is 2.38. The van der Waals surface area contributed by atoms with E-state index in [-0.39, 0.29) is 6.61 Å². The van der Waals surface area contributed by atoms with Gasteiger partial charge in [0.15, 0.2) is 6.61 Å². The molecule has 0 amide bonds. The van der Waals surface area contributed by atoms with E-state index in [2.05, 4.69) is 14.7 Å². The minimum Gasteiger partial charge on any atom is -0.467 e. The van der Waals surface area contributed by atoms with Crippen LogP contribution in [-0.2, 0) is 6.18 Å². The van der Waals surface area contributed by atoms with Crippen molar-refractivity contribution < 1.29 is 35.8 Å². The number of ether oxygens (including phenoxy) is 2. The van der Waals surface area contributed by atoms with Crippen molar-refractivity contribution >= 4 is 0 Å². The molecule has 0 spiro atoms. The standard InChI is InChI=1S/C13H16F6N2O2/c1-2-3-4-5-6-22-11-20-7-9(13(17,18)19)10(21-11)23-8-12(14,15)16/h7H,2-6,8H2,1H3. The molecule has 0 atom stereocenters. The average molecular weight is 346 g/mol. The predicted octanol–water partition coefficient (Wildman–Crippen LogP) is 4.40. The van der Waals surface area contributed by atoms with Crippen molar-refractivity contribution in [2.75, 3.05) is 13.2 Å². The lowest BCUT2D eigenvalue weighted by molar-refractivity contribution is -0.159. The van der Waals surface area contributed by atoms with Crippen molar-refractivity contribution in [2.24, 2.45) is 0 Å². The Bertz CT molecular complexity index is 490. The molecule has 132 valence electrons. The Morgan fingerprint density at radius 3 is 2.26 bits per heavy atom. The first-order chi connectivity index (χ1) is 10.6. The predicted molar refractivity (Wildman–Crippen MR) is 68.2 cm³/mol. The van der Waals surface area contributed by atoms with Crippen LogP contribution < -0.4 is 9.47 Å². The fourth-order valence-electron chi connectivity index (χ4n) is 1.57. The molecule has 1 rings (SSSR count). The van der Waals surface area contributed by atoms with E-state index in [0.29, 0.717) is 12.6 Å². The molecule has 0 aliphatic heterocycles. The largest absolute Gasteiger partial charge is 0.467 e. The SMILES string of the molecule is CCCCCCOc1ncc(C(F)(F)F)c(OCC(F)(F)F)n1. The molecule has 0 bridgehead atoms. The third-order valence-electron chi connectivity index (χ3n) is 2.64. The van der Waals surface area contributed by atoms with Gasteiger partial charge in [-0.2, -0.15) is 31.3 Å². The summed E-state index contributed by atoms with van der Waals surface area (Å²) in [6.45, 7) is 0.275. The van der Waals surface area contributed by atoms with Crippen LogP contribution in [0.3, 0.4) is 0 Å². The van der Waals surface area contributed by atoms with Gasteiger partial charge in [-0.3, -0.25) is 0 Å². The van der Waals surface area contributed by atoms with Crippen LogP contribution in [0.25, 0.3) is 0 Å². The lowest BCUT2D eigenvalue weighted by atomic mass is 10.2. The number of hydrogen-bond donors (Lipinski definition) is 0. The Morgan fingerprint density at radius 2 is 1.70 bits per heavy atom. The van der Waals surface area contributed by atoms with Gasteiger partial charge in [0, 0.05) is 0 Å². The quantitative estimate of drug-likeness (QED) is 0.517. The van der Waals surface area contributed by atoms with E-state index >= 15 is 0 Å². The number of hydrogen-bond acceptors (Lipinski definition) is 4. The molecule has 0 saturated heterocycles. The van der Waals surface area contributed by atoms with Crippen molar-refractivity contribution in [3.63, 3.8) is 0 Å². The molecule has 0 N–H and O–H groups in total. The molecular weight excluding hydrogens is 330 g/mol. The van der Waals surface area contributed by atoms with E-state index in [1.165, 1.54) is 0 Å². The van der Waals surface area contributed by atoms with Crippen molar-refractivity contribution in [3.8, 4) is 11.9 Å². The van der Waals surface area contributed by atoms with Crippen LogP contribution in [0.15, 0.2) is 6.20 Å². The molecule has 0 aromatic carbocycles. The normalized spacial score (nSPS) is 12.3. The van der Waals surface area contributed by atoms with Gasteiger partial charge in [0.2, 0.25) is 5.88 Å². The monoisotopic (exact) mass is 346 g/mol. The molecule has 0 aliphatic rings. The number of nitrogens with zero attached hydrogens (tertiary/aromatic N) is 2. The molecule has 4 nitrogen and oxygen atoms in total. The first-order valence-electron chi connectivity index (χ1n) is 6.90. The summed E-state index contributed by atoms with van der Waals surface area (Å²) in [7, 11) is 0. The van der Waals surface area contributed by atoms with E-state index in [0.717, 1.165) is 19.3 Å². The van der Waals surface area contributed by atoms with Gasteiger partial charge in [0.25, 0.3) is 0 Å². The number of aromatic nitrogens is 2. The van der Waals surface area contributed by atoms with Crippen LogP contribution >= 0.6 is 0 Å². The van der Waals surface area contributed by atoms with E-state index in [1.54, 1.807) is 0 Å². The fraction of sp³-hybridized carbons (Fsp3) is 0.692. The Labute approximate surface area is 128 Å². The Morgan fingerprint density at radius 1 is 1.00 bits per heavy atom. The van der Waals surface area contributed by atoms with Gasteiger partial charge in [-0.25, -0.2) is 4.98 Å². The van der Waals surface area contributed by atoms with E-state index in [1.807, 2.05) is 6.92 Å². The average Bonchev–Trinajstić information content (AvgIpc) is 2.43. The van der Waals surface area contributed by atoms with Crippen molar-refractivity contribution in [1.29, 1.82) is 0 Å². The maximum atomic E-state index is 12.7. The zero-order valence-electron chi connectivity index (χ0n) is 12.3. The first kappa shape index (κ1) is 19.3. The summed E-state index contributed by atoms with van der Waals surface area (Å²) in [6.07, 6.45) is -5.91. The lowest BCUT2D eigenvalue weighted by Crippen LogP contribution is -2.22. The summed E-state index contributed by atoms with van der Waals surface area (Å²) in [5, 5.41) is 0. The molecule has 0 aliphatic carbocycles. The summed E-state index contributed by atoms with van der Waals surface area (Å²) < 4.78 is 83.6. The highest BCUT2D eigenvalue weighted by molar-refractivity contribution is 5.28. The van der Waals surface area contributed by atoms with Gasteiger partial charge in [-0.05, 0) is 6.42 Å². The maximum absolute atomic E-state index is 12.7. The minimum atomic E-state index is -4.93. The number of halogens is 6. The van der Waals surface area contributed by atoms with Gasteiger partial charge in [0.1, 0.15) is 5.56 Å². The Hall–Kier alpha value is -1.74. The van der Waals surface area contributed by atoms with Crippen LogP contribution in [0.2, 0.25) is 0 Å². The van der Waals surface area contributed by atoms with Crippen LogP contribution in [-0.4, -0.2) is 29.4 Å². The van der Waals surface area contributed by atoms with Gasteiger partial charge in [0.05, 0.1) is 12.8 Å². The molecule has 10 heteroatoms. The summed E-state index contributed by atoms with van der Waals surface area (Å²) in [6, 6.07) is -0.452. The highest BCUT2D eigenvalue weighted by Crippen LogP contribution is 2.35. The molecule has 1 heterocycles. The third kappa shape index (κ3) is 7.38. The van der Waals surface area contributed by atoms with Gasteiger partial charge in [-0.1, -0.05) is 26.2 Å². The summed E-state index contributed by atoms with van der Waals surface area (Å²) in [4.78, 5) is 6.64. The summed E-state index contributed by atoms with van der Waals surface area (Å²) in [5.74, 6) is -1.20. The van der Waals surface area contributed by atoms with Crippen LogP contribution in [0.5, 0.6) is 11.9 Å². The van der Waals surface area contributed by atoms with Crippen molar-refractivity contribution in [3.05, 3.63) is 11.8 Å². The smallest absolute Gasteiger partial charge is 0.423 e. The topological polar surface area (TPSA) is 44.2 Å². The van der Waals surface area contributed by atoms with Crippen LogP contribution in [0.4, 0.5) is 26.3 Å². The lowest BCUT2D eigenvalue weighted by Gasteiger charge is -2.14. The second kappa shape index (κ2) is 8.21. The molecule has 23 heavy (non-hydrogen) atoms. The summed E-state index contributed by atoms with van der Waals surface area (Å²) in [5.41, 5.74) is -1.49. The Balaban J connectivity index is 2.78. The van der Waals surface area contributed by atoms with Gasteiger partial charge < -0.3 is 9.47 Å². The van der Waals surface area contributed by atoms with Crippen LogP contribution in [0.1, 0.15) is 38.2 Å². The minimum absolute atomic E-state index is 0.157. The molecule has 0 fully saturated rings. The first-order valence-corrected chi connectivity index (χ1v) is 6.90. The zero-order chi connectivity index (χ0) is 17.5. The summed E-state index contributed by atoms with van der Waals surface area (Å²) >= 11 is 0. The van der Waals surface area contributed by atoms with Crippen molar-refractivity contribution in [2.45, 2.75) is 45.0 Å². The molecule has 0 radical (unpaired) electrons. The molecule has 1 aromatic rings. The number of alkyl halides is 6.